The predicted molar refractivity (Wildman–Crippen MR) is 151 cm³/mol. The maximum Gasteiger partial charge on any atom is 0.308 e. The van der Waals surface area contributed by atoms with Crippen LogP contribution in [0.4, 0.5) is 0 Å². The maximum absolute atomic E-state index is 13.1. The molecule has 2 N–H and O–H groups in total. The molecule has 0 amide bonds. The van der Waals surface area contributed by atoms with E-state index in [1.165, 1.54) is 0 Å². The molecule has 0 aliphatic carbocycles. The average Bonchev–Trinajstić information content (AvgIpc) is 2.86. The van der Waals surface area contributed by atoms with E-state index in [4.69, 9.17) is 9.47 Å². The van der Waals surface area contributed by atoms with Crippen LogP contribution < -0.4 is 0 Å². The van der Waals surface area contributed by atoms with Crippen molar-refractivity contribution in [2.45, 2.75) is 110 Å². The molecular weight excluding hydrogens is 498 g/mol. The Morgan fingerprint density at radius 2 is 1.74 bits per heavy atom. The zero-order valence-electron chi connectivity index (χ0n) is 25.1. The minimum atomic E-state index is -1.08. The van der Waals surface area contributed by atoms with Crippen LogP contribution in [0.15, 0.2) is 23.8 Å². The molecule has 0 bridgehead atoms. The number of carbonyl (C=O) groups excluding carboxylic acids is 3. The molecule has 0 radical (unpaired) electrons. The third-order valence-corrected chi connectivity index (χ3v) is 8.72. The lowest BCUT2D eigenvalue weighted by molar-refractivity contribution is -0.186. The van der Waals surface area contributed by atoms with Crippen LogP contribution in [0.25, 0.3) is 0 Å². The number of hydrogen-bond acceptors (Lipinski definition) is 8. The number of aliphatic hydroxyl groups excluding tert-OH is 2. The van der Waals surface area contributed by atoms with Crippen LogP contribution in [0.1, 0.15) is 73.6 Å². The summed E-state index contributed by atoms with van der Waals surface area (Å²) in [5.74, 6) is -2.33. The van der Waals surface area contributed by atoms with Gasteiger partial charge in [-0.3, -0.25) is 9.59 Å². The van der Waals surface area contributed by atoms with Gasteiger partial charge in [-0.25, -0.2) is 0 Å². The largest absolute Gasteiger partial charge is 0.462 e. The summed E-state index contributed by atoms with van der Waals surface area (Å²) in [6.07, 6.45) is 4.60. The highest BCUT2D eigenvalue weighted by molar-refractivity contribution is 5.91. The van der Waals surface area contributed by atoms with E-state index in [1.54, 1.807) is 12.2 Å². The van der Waals surface area contributed by atoms with Gasteiger partial charge in [-0.1, -0.05) is 45.4 Å². The first kappa shape index (κ1) is 33.3. The fourth-order valence-corrected chi connectivity index (χ4v) is 6.39. The smallest absolute Gasteiger partial charge is 0.308 e. The van der Waals surface area contributed by atoms with Gasteiger partial charge in [-0.05, 0) is 71.0 Å². The van der Waals surface area contributed by atoms with Gasteiger partial charge in [0.1, 0.15) is 12.4 Å². The molecule has 0 aromatic rings. The highest BCUT2D eigenvalue weighted by Gasteiger charge is 2.47. The van der Waals surface area contributed by atoms with Gasteiger partial charge in [0.2, 0.25) is 0 Å². The van der Waals surface area contributed by atoms with Crippen molar-refractivity contribution in [3.63, 3.8) is 0 Å². The van der Waals surface area contributed by atoms with E-state index in [0.717, 1.165) is 11.9 Å². The van der Waals surface area contributed by atoms with E-state index >= 15 is 0 Å². The Hall–Kier alpha value is -1.87. The minimum absolute atomic E-state index is 0.0477. The fourth-order valence-electron chi connectivity index (χ4n) is 6.39. The first-order chi connectivity index (χ1) is 18.3. The number of carbonyl (C=O) groups is 3. The van der Waals surface area contributed by atoms with Gasteiger partial charge in [0.25, 0.3) is 0 Å². The van der Waals surface area contributed by atoms with E-state index in [1.807, 2.05) is 66.6 Å². The maximum atomic E-state index is 13.1. The number of hydrogen-bond donors (Lipinski definition) is 2. The second-order valence-electron chi connectivity index (χ2n) is 12.1. The van der Waals surface area contributed by atoms with Crippen molar-refractivity contribution in [1.82, 2.24) is 4.90 Å². The molecule has 8 heteroatoms. The first-order valence-electron chi connectivity index (χ1n) is 14.5. The lowest BCUT2D eigenvalue weighted by Crippen LogP contribution is -2.58. The summed E-state index contributed by atoms with van der Waals surface area (Å²) < 4.78 is 12.1. The number of ether oxygens (including phenoxy) is 2. The molecule has 0 saturated carbocycles. The Morgan fingerprint density at radius 3 is 2.33 bits per heavy atom. The molecule has 1 unspecified atom stereocenters. The Balaban J connectivity index is 2.57. The quantitative estimate of drug-likeness (QED) is 0.394. The van der Waals surface area contributed by atoms with Crippen LogP contribution in [0.2, 0.25) is 0 Å². The predicted octanol–water partition coefficient (Wildman–Crippen LogP) is 3.73. The van der Waals surface area contributed by atoms with Gasteiger partial charge in [0.15, 0.2) is 5.78 Å². The molecule has 8 nitrogen and oxygen atoms in total. The molecule has 2 rings (SSSR count). The number of ketones is 1. The molecule has 0 aromatic carbocycles. The van der Waals surface area contributed by atoms with Gasteiger partial charge in [-0.15, -0.1) is 0 Å². The van der Waals surface area contributed by atoms with Gasteiger partial charge in [0, 0.05) is 24.3 Å². The molecule has 39 heavy (non-hydrogen) atoms. The molecule has 1 saturated heterocycles. The summed E-state index contributed by atoms with van der Waals surface area (Å²) in [5.41, 5.74) is 0.892. The van der Waals surface area contributed by atoms with Crippen LogP contribution in [0.3, 0.4) is 0 Å². The minimum Gasteiger partial charge on any atom is -0.462 e. The van der Waals surface area contributed by atoms with Crippen molar-refractivity contribution in [3.8, 4) is 0 Å². The Labute approximate surface area is 234 Å². The van der Waals surface area contributed by atoms with Crippen LogP contribution >= 0.6 is 0 Å². The van der Waals surface area contributed by atoms with Crippen LogP contribution in [-0.4, -0.2) is 83.8 Å². The molecular formula is C31H51NO7. The average molecular weight is 550 g/mol. The third kappa shape index (κ3) is 9.07. The number of aldehydes is 1. The Morgan fingerprint density at radius 1 is 1.08 bits per heavy atom. The standard InChI is InChI=1S/C31H51NO7/c1-9-27-20(4)14-18(2)10-11-25(34)19(3)15-23(12-13-33)29(22(6)26(35)17-28(36)39-27)31-30(37)24(32(7)8)16-21(5)38-31/h10-11,13-14,19-24,26-27,29-31,35,37H,9,12,15-17H2,1-8H3/b11-10+,18-14+/t19-,20+,21-,22+,23?,24+,26-,27-,29-,30-,31+/m1/s1. The lowest BCUT2D eigenvalue weighted by Gasteiger charge is -2.48. The summed E-state index contributed by atoms with van der Waals surface area (Å²) in [5, 5.41) is 22.8. The number of allylic oxidation sites excluding steroid dienone is 3. The zero-order chi connectivity index (χ0) is 29.4. The Kier molecular flexibility index (Phi) is 13.0. The monoisotopic (exact) mass is 549 g/mol. The van der Waals surface area contributed by atoms with Crippen molar-refractivity contribution in [2.75, 3.05) is 14.1 Å². The van der Waals surface area contributed by atoms with E-state index in [9.17, 15) is 24.6 Å². The van der Waals surface area contributed by atoms with Gasteiger partial charge < -0.3 is 29.4 Å². The molecule has 2 aliphatic rings. The second-order valence-corrected chi connectivity index (χ2v) is 12.1. The van der Waals surface area contributed by atoms with E-state index in [2.05, 4.69) is 0 Å². The summed E-state index contributed by atoms with van der Waals surface area (Å²) in [6, 6.07) is -0.172. The normalized spacial score (nSPS) is 41.9. The van der Waals surface area contributed by atoms with Crippen molar-refractivity contribution < 1.29 is 34.1 Å². The second kappa shape index (κ2) is 15.2. The van der Waals surface area contributed by atoms with Crippen LogP contribution in [0, 0.1) is 29.6 Å². The van der Waals surface area contributed by atoms with E-state index in [-0.39, 0.29) is 54.6 Å². The number of nitrogens with zero attached hydrogens (tertiary/aromatic N) is 1. The molecule has 11 atom stereocenters. The third-order valence-electron chi connectivity index (χ3n) is 8.72. The van der Waals surface area contributed by atoms with Crippen molar-refractivity contribution in [1.29, 1.82) is 0 Å². The Bertz CT molecular complexity index is 884. The topological polar surface area (TPSA) is 113 Å². The highest BCUT2D eigenvalue weighted by atomic mass is 16.5. The van der Waals surface area contributed by atoms with Gasteiger partial charge in [0.05, 0.1) is 30.8 Å². The summed E-state index contributed by atoms with van der Waals surface area (Å²) in [4.78, 5) is 40.0. The van der Waals surface area contributed by atoms with Crippen molar-refractivity contribution >= 4 is 18.0 Å². The molecule has 0 spiro atoms. The zero-order valence-corrected chi connectivity index (χ0v) is 25.1. The van der Waals surface area contributed by atoms with Crippen molar-refractivity contribution in [3.05, 3.63) is 23.8 Å². The molecule has 222 valence electrons. The number of cyclic esters (lactones) is 1. The summed E-state index contributed by atoms with van der Waals surface area (Å²) in [7, 11) is 3.82. The van der Waals surface area contributed by atoms with Gasteiger partial charge in [-0.2, -0.15) is 0 Å². The molecule has 0 aromatic heterocycles. The number of rotatable bonds is 5. The molecule has 2 aliphatic heterocycles. The molecule has 1 fully saturated rings. The summed E-state index contributed by atoms with van der Waals surface area (Å²) >= 11 is 0. The van der Waals surface area contributed by atoms with Crippen LogP contribution in [-0.2, 0) is 23.9 Å². The van der Waals surface area contributed by atoms with Crippen molar-refractivity contribution in [2.24, 2.45) is 29.6 Å². The SMILES string of the molecule is CC[C@H]1OC(=O)C[C@@H](O)[C@H](C)[C@@H]([C@@H]2O[C@H](C)C[C@H](N(C)C)[C@H]2O)C(CC=O)C[C@@H](C)C(=O)/C=C/C(C)=C/[C@@H]1C. The fraction of sp³-hybridized carbons (Fsp3) is 0.774. The highest BCUT2D eigenvalue weighted by Crippen LogP contribution is 2.40. The summed E-state index contributed by atoms with van der Waals surface area (Å²) in [6.45, 7) is 11.5. The first-order valence-corrected chi connectivity index (χ1v) is 14.5. The van der Waals surface area contributed by atoms with E-state index in [0.29, 0.717) is 19.3 Å². The number of esters is 1. The molecule has 2 heterocycles. The number of likely N-dealkylation sites (N-methyl/N-ethyl adjacent to an activating group) is 1. The van der Waals surface area contributed by atoms with Gasteiger partial charge >= 0.3 is 5.97 Å². The number of aliphatic hydroxyl groups is 2. The lowest BCUT2D eigenvalue weighted by atomic mass is 9.68. The van der Waals surface area contributed by atoms with E-state index < -0.39 is 36.1 Å². The van der Waals surface area contributed by atoms with Crippen LogP contribution in [0.5, 0.6) is 0 Å².